The van der Waals surface area contributed by atoms with Crippen LogP contribution in [0, 0.1) is 0 Å². The van der Waals surface area contributed by atoms with Gasteiger partial charge < -0.3 is 20.5 Å². The molecule has 0 aliphatic heterocycles. The van der Waals surface area contributed by atoms with Gasteiger partial charge in [-0.1, -0.05) is 18.2 Å². The third-order valence-corrected chi connectivity index (χ3v) is 3.26. The number of hydrogen-bond acceptors (Lipinski definition) is 5. The van der Waals surface area contributed by atoms with Crippen LogP contribution in [0.15, 0.2) is 48.7 Å². The van der Waals surface area contributed by atoms with E-state index in [4.69, 9.17) is 4.74 Å². The number of nitrogens with zero attached hydrogens (tertiary/aromatic N) is 1. The number of nitrogens with one attached hydrogen (secondary N) is 2. The van der Waals surface area contributed by atoms with Crippen LogP contribution in [0.4, 0.5) is 19.0 Å². The molecule has 5 nitrogen and oxygen atoms in total. The Morgan fingerprint density at radius 1 is 1.08 bits per heavy atom. The molecule has 0 saturated heterocycles. The van der Waals surface area contributed by atoms with Crippen LogP contribution in [0.5, 0.6) is 5.75 Å². The summed E-state index contributed by atoms with van der Waals surface area (Å²) in [7, 11) is 0. The van der Waals surface area contributed by atoms with Crippen molar-refractivity contribution in [3.8, 4) is 5.75 Å². The van der Waals surface area contributed by atoms with Crippen molar-refractivity contribution < 1.29 is 23.0 Å². The number of aromatic nitrogens is 1. The van der Waals surface area contributed by atoms with Crippen molar-refractivity contribution in [3.05, 3.63) is 54.2 Å². The molecule has 1 heterocycles. The van der Waals surface area contributed by atoms with E-state index in [0.717, 1.165) is 12.3 Å². The number of rotatable bonds is 9. The molecule has 0 aliphatic rings. The number of aliphatic hydroxyl groups is 1. The Morgan fingerprint density at radius 2 is 1.84 bits per heavy atom. The van der Waals surface area contributed by atoms with E-state index in [1.807, 2.05) is 18.2 Å². The lowest BCUT2D eigenvalue weighted by molar-refractivity contribution is -0.137. The zero-order valence-corrected chi connectivity index (χ0v) is 13.5. The molecule has 136 valence electrons. The van der Waals surface area contributed by atoms with Crippen molar-refractivity contribution in [2.45, 2.75) is 12.3 Å². The van der Waals surface area contributed by atoms with E-state index in [9.17, 15) is 18.3 Å². The summed E-state index contributed by atoms with van der Waals surface area (Å²) in [6.45, 7) is 1.50. The monoisotopic (exact) mass is 355 g/mol. The van der Waals surface area contributed by atoms with Gasteiger partial charge in [0.1, 0.15) is 24.3 Å². The molecule has 1 unspecified atom stereocenters. The van der Waals surface area contributed by atoms with Crippen LogP contribution in [-0.2, 0) is 6.18 Å². The largest absolute Gasteiger partial charge is 0.491 e. The summed E-state index contributed by atoms with van der Waals surface area (Å²) in [6, 6.07) is 11.5. The first-order valence-electron chi connectivity index (χ1n) is 7.79. The molecular weight excluding hydrogens is 335 g/mol. The number of alkyl halides is 3. The SMILES string of the molecule is OC(CNCCNc1ccc(C(F)(F)F)cn1)COc1ccccc1. The van der Waals surface area contributed by atoms with E-state index in [1.54, 1.807) is 12.1 Å². The number of anilines is 1. The predicted octanol–water partition coefficient (Wildman–Crippen LogP) is 2.54. The molecule has 0 fully saturated rings. The van der Waals surface area contributed by atoms with Crippen molar-refractivity contribution in [1.82, 2.24) is 10.3 Å². The van der Waals surface area contributed by atoms with Gasteiger partial charge in [-0.15, -0.1) is 0 Å². The molecule has 2 aromatic rings. The lowest BCUT2D eigenvalue weighted by atomic mass is 10.3. The van der Waals surface area contributed by atoms with E-state index in [2.05, 4.69) is 15.6 Å². The van der Waals surface area contributed by atoms with E-state index >= 15 is 0 Å². The Bertz CT molecular complexity index is 621. The lowest BCUT2D eigenvalue weighted by Crippen LogP contribution is -2.34. The quantitative estimate of drug-likeness (QED) is 0.603. The van der Waals surface area contributed by atoms with Crippen molar-refractivity contribution in [3.63, 3.8) is 0 Å². The Morgan fingerprint density at radius 3 is 2.48 bits per heavy atom. The summed E-state index contributed by atoms with van der Waals surface area (Å²) >= 11 is 0. The molecular formula is C17H20F3N3O2. The van der Waals surface area contributed by atoms with Gasteiger partial charge in [-0.3, -0.25) is 0 Å². The maximum Gasteiger partial charge on any atom is 0.417 e. The van der Waals surface area contributed by atoms with Crippen LogP contribution in [-0.4, -0.2) is 42.4 Å². The second-order valence-electron chi connectivity index (χ2n) is 5.34. The van der Waals surface area contributed by atoms with E-state index < -0.39 is 17.8 Å². The molecule has 1 aromatic carbocycles. The highest BCUT2D eigenvalue weighted by atomic mass is 19.4. The molecule has 0 radical (unpaired) electrons. The molecule has 0 bridgehead atoms. The third-order valence-electron chi connectivity index (χ3n) is 3.26. The van der Waals surface area contributed by atoms with E-state index in [0.29, 0.717) is 31.2 Å². The maximum absolute atomic E-state index is 12.4. The van der Waals surface area contributed by atoms with Crippen molar-refractivity contribution >= 4 is 5.82 Å². The highest BCUT2D eigenvalue weighted by Gasteiger charge is 2.30. The number of halogens is 3. The second-order valence-corrected chi connectivity index (χ2v) is 5.34. The summed E-state index contributed by atoms with van der Waals surface area (Å²) < 4.78 is 42.7. The summed E-state index contributed by atoms with van der Waals surface area (Å²) in [6.07, 6.45) is -4.25. The zero-order chi connectivity index (χ0) is 18.1. The van der Waals surface area contributed by atoms with Gasteiger partial charge in [0.05, 0.1) is 5.56 Å². The molecule has 0 aliphatic carbocycles. The molecule has 1 aromatic heterocycles. The van der Waals surface area contributed by atoms with Gasteiger partial charge >= 0.3 is 6.18 Å². The normalized spacial score (nSPS) is 12.6. The maximum atomic E-state index is 12.4. The fourth-order valence-corrected chi connectivity index (χ4v) is 1.98. The highest BCUT2D eigenvalue weighted by Crippen LogP contribution is 2.28. The number of benzene rings is 1. The van der Waals surface area contributed by atoms with Crippen molar-refractivity contribution in [2.75, 3.05) is 31.6 Å². The average molecular weight is 355 g/mol. The van der Waals surface area contributed by atoms with Gasteiger partial charge in [0.25, 0.3) is 0 Å². The van der Waals surface area contributed by atoms with Gasteiger partial charge in [-0.05, 0) is 24.3 Å². The zero-order valence-electron chi connectivity index (χ0n) is 13.5. The van der Waals surface area contributed by atoms with Crippen LogP contribution in [0.1, 0.15) is 5.56 Å². The van der Waals surface area contributed by atoms with Gasteiger partial charge in [0.2, 0.25) is 0 Å². The van der Waals surface area contributed by atoms with E-state index in [-0.39, 0.29) is 6.61 Å². The third kappa shape index (κ3) is 6.98. The predicted molar refractivity (Wildman–Crippen MR) is 88.5 cm³/mol. The fraction of sp³-hybridized carbons (Fsp3) is 0.353. The summed E-state index contributed by atoms with van der Waals surface area (Å²) in [5.74, 6) is 1.05. The number of hydrogen-bond donors (Lipinski definition) is 3. The van der Waals surface area contributed by atoms with Crippen LogP contribution in [0.2, 0.25) is 0 Å². The van der Waals surface area contributed by atoms with E-state index in [1.165, 1.54) is 6.07 Å². The van der Waals surface area contributed by atoms with Gasteiger partial charge in [0, 0.05) is 25.8 Å². The standard InChI is InChI=1S/C17H20F3N3O2/c18-17(19,20)13-6-7-16(23-10-13)22-9-8-21-11-14(24)12-25-15-4-2-1-3-5-15/h1-7,10,14,21,24H,8-9,11-12H2,(H,22,23). The molecule has 0 amide bonds. The Balaban J connectivity index is 1.58. The Kier molecular flexibility index (Phi) is 7.03. The average Bonchev–Trinajstić information content (AvgIpc) is 2.60. The first-order valence-corrected chi connectivity index (χ1v) is 7.79. The van der Waals surface area contributed by atoms with Crippen molar-refractivity contribution in [1.29, 1.82) is 0 Å². The van der Waals surface area contributed by atoms with Gasteiger partial charge in [0.15, 0.2) is 0 Å². The topological polar surface area (TPSA) is 66.4 Å². The molecule has 8 heteroatoms. The number of pyridine rings is 1. The van der Waals surface area contributed by atoms with Crippen LogP contribution in [0.3, 0.4) is 0 Å². The summed E-state index contributed by atoms with van der Waals surface area (Å²) in [4.78, 5) is 3.71. The van der Waals surface area contributed by atoms with Gasteiger partial charge in [-0.2, -0.15) is 13.2 Å². The molecule has 0 spiro atoms. The van der Waals surface area contributed by atoms with Gasteiger partial charge in [-0.25, -0.2) is 4.98 Å². The van der Waals surface area contributed by atoms with Crippen LogP contribution in [0.25, 0.3) is 0 Å². The van der Waals surface area contributed by atoms with Crippen molar-refractivity contribution in [2.24, 2.45) is 0 Å². The van der Waals surface area contributed by atoms with Crippen LogP contribution >= 0.6 is 0 Å². The summed E-state index contributed by atoms with van der Waals surface area (Å²) in [5.41, 5.74) is -0.780. The fourth-order valence-electron chi connectivity index (χ4n) is 1.98. The Hall–Kier alpha value is -2.32. The number of para-hydroxylation sites is 1. The Labute approximate surface area is 143 Å². The first kappa shape index (κ1) is 19.0. The number of ether oxygens (including phenoxy) is 1. The van der Waals surface area contributed by atoms with Crippen LogP contribution < -0.4 is 15.4 Å². The molecule has 1 atom stereocenters. The minimum atomic E-state index is -4.38. The number of aliphatic hydroxyl groups excluding tert-OH is 1. The molecule has 3 N–H and O–H groups in total. The minimum absolute atomic E-state index is 0.172. The summed E-state index contributed by atoms with van der Waals surface area (Å²) in [5, 5.41) is 15.7. The smallest absolute Gasteiger partial charge is 0.417 e. The molecule has 2 rings (SSSR count). The second kappa shape index (κ2) is 9.24. The first-order chi connectivity index (χ1) is 11.9. The highest BCUT2D eigenvalue weighted by molar-refractivity contribution is 5.36. The minimum Gasteiger partial charge on any atom is -0.491 e. The molecule has 0 saturated carbocycles. The lowest BCUT2D eigenvalue weighted by Gasteiger charge is -2.13. The molecule has 25 heavy (non-hydrogen) atoms.